The number of hydrogen-bond acceptors (Lipinski definition) is 0. The Morgan fingerprint density at radius 1 is 0.824 bits per heavy atom. The van der Waals surface area contributed by atoms with Crippen molar-refractivity contribution in [1.82, 2.24) is 0 Å². The maximum atomic E-state index is 14.5. The molecule has 0 aliphatic heterocycles. The molecule has 0 N–H and O–H groups in total. The maximum Gasteiger partial charge on any atom is 0.139 e. The van der Waals surface area contributed by atoms with Gasteiger partial charge in [0.15, 0.2) is 0 Å². The second kappa shape index (κ2) is 14.8. The van der Waals surface area contributed by atoms with Crippen LogP contribution in [0.5, 0.6) is 0 Å². The number of allylic oxidation sites excluding steroid dienone is 1. The van der Waals surface area contributed by atoms with Gasteiger partial charge in [-0.05, 0) is 79.8 Å². The van der Waals surface area contributed by atoms with Gasteiger partial charge in [-0.25, -0.2) is 8.78 Å². The molecule has 0 bridgehead atoms. The summed E-state index contributed by atoms with van der Waals surface area (Å²) in [6.45, 7) is 2.25. The molecule has 0 saturated heterocycles. The largest absolute Gasteiger partial charge is 0.247 e. The number of rotatable bonds is 11. The highest BCUT2D eigenvalue weighted by atomic mass is 19.1. The lowest BCUT2D eigenvalue weighted by molar-refractivity contribution is 0.235. The molecule has 1 aliphatic carbocycles. The van der Waals surface area contributed by atoms with Crippen LogP contribution in [-0.2, 0) is 0 Å². The van der Waals surface area contributed by atoms with E-state index in [1.807, 2.05) is 24.3 Å². The first-order chi connectivity index (χ1) is 16.7. The van der Waals surface area contributed by atoms with E-state index < -0.39 is 6.17 Å². The number of benzene rings is 2. The van der Waals surface area contributed by atoms with Gasteiger partial charge in [0.25, 0.3) is 0 Å². The summed E-state index contributed by atoms with van der Waals surface area (Å²) in [6, 6.07) is 13.4. The Balaban J connectivity index is 1.43. The van der Waals surface area contributed by atoms with Crippen molar-refractivity contribution in [3.8, 4) is 11.8 Å². The van der Waals surface area contributed by atoms with E-state index in [9.17, 15) is 8.78 Å². The minimum Gasteiger partial charge on any atom is -0.247 e. The summed E-state index contributed by atoms with van der Waals surface area (Å²) in [6.07, 6.45) is 18.3. The average molecular weight is 463 g/mol. The summed E-state index contributed by atoms with van der Waals surface area (Å²) < 4.78 is 27.9. The van der Waals surface area contributed by atoms with Gasteiger partial charge < -0.3 is 0 Å². The number of alkyl halides is 1. The van der Waals surface area contributed by atoms with Gasteiger partial charge in [0, 0.05) is 5.56 Å². The summed E-state index contributed by atoms with van der Waals surface area (Å²) in [5.74, 6) is 6.22. The molecule has 0 radical (unpaired) electrons. The fourth-order valence-corrected chi connectivity index (χ4v) is 4.72. The minimum absolute atomic E-state index is 0.277. The second-order valence-corrected chi connectivity index (χ2v) is 9.73. The molecular formula is C32H40F2. The molecule has 0 atom stereocenters. The molecule has 34 heavy (non-hydrogen) atoms. The molecule has 0 amide bonds. The zero-order valence-corrected chi connectivity index (χ0v) is 20.8. The third-order valence-electron chi connectivity index (χ3n) is 6.91. The molecule has 1 fully saturated rings. The predicted octanol–water partition coefficient (Wildman–Crippen LogP) is 9.77. The van der Waals surface area contributed by atoms with E-state index in [1.165, 1.54) is 56.9 Å². The number of halogens is 2. The molecule has 0 aromatic heterocycles. The number of hydrogen-bond donors (Lipinski definition) is 0. The van der Waals surface area contributed by atoms with E-state index in [4.69, 9.17) is 0 Å². The first kappa shape index (κ1) is 26.2. The van der Waals surface area contributed by atoms with E-state index in [2.05, 4.69) is 37.0 Å². The van der Waals surface area contributed by atoms with E-state index in [0.717, 1.165) is 30.4 Å². The van der Waals surface area contributed by atoms with Crippen molar-refractivity contribution < 1.29 is 8.78 Å². The van der Waals surface area contributed by atoms with E-state index in [1.54, 1.807) is 12.1 Å². The summed E-state index contributed by atoms with van der Waals surface area (Å²) in [5, 5.41) is 0. The smallest absolute Gasteiger partial charge is 0.139 e. The van der Waals surface area contributed by atoms with Crippen molar-refractivity contribution in [2.45, 2.75) is 102 Å². The fraction of sp³-hybridized carbons (Fsp3) is 0.500. The average Bonchev–Trinajstić information content (AvgIpc) is 2.85. The highest BCUT2D eigenvalue weighted by Crippen LogP contribution is 2.34. The Hall–Kier alpha value is -2.40. The molecule has 2 aromatic rings. The van der Waals surface area contributed by atoms with Crippen LogP contribution in [0, 0.1) is 17.7 Å². The summed E-state index contributed by atoms with van der Waals surface area (Å²) in [7, 11) is 0. The Morgan fingerprint density at radius 3 is 2.18 bits per heavy atom. The van der Waals surface area contributed by atoms with Crippen molar-refractivity contribution in [2.24, 2.45) is 0 Å². The molecular weight excluding hydrogens is 422 g/mol. The highest BCUT2D eigenvalue weighted by Gasteiger charge is 2.21. The summed E-state index contributed by atoms with van der Waals surface area (Å²) in [4.78, 5) is 0. The second-order valence-electron chi connectivity index (χ2n) is 9.73. The molecule has 0 heterocycles. The molecule has 1 aliphatic rings. The molecule has 0 unspecified atom stereocenters. The molecule has 2 aromatic carbocycles. The van der Waals surface area contributed by atoms with Crippen molar-refractivity contribution in [1.29, 1.82) is 0 Å². The van der Waals surface area contributed by atoms with Gasteiger partial charge in [0.05, 0.1) is 5.56 Å². The zero-order chi connectivity index (χ0) is 24.0. The lowest BCUT2D eigenvalue weighted by Crippen LogP contribution is -2.13. The summed E-state index contributed by atoms with van der Waals surface area (Å²) in [5.41, 5.74) is 3.43. The first-order valence-electron chi connectivity index (χ1n) is 13.4. The molecule has 0 spiro atoms. The van der Waals surface area contributed by atoms with Gasteiger partial charge in [-0.3, -0.25) is 0 Å². The first-order valence-corrected chi connectivity index (χ1v) is 13.4. The van der Waals surface area contributed by atoms with Gasteiger partial charge in [0.1, 0.15) is 12.0 Å². The molecule has 0 nitrogen and oxygen atoms in total. The third kappa shape index (κ3) is 9.09. The van der Waals surface area contributed by atoms with E-state index in [0.29, 0.717) is 24.3 Å². The number of unbranched alkanes of at least 4 members (excludes halogenated alkanes) is 8. The molecule has 1 saturated carbocycles. The van der Waals surface area contributed by atoms with Crippen molar-refractivity contribution in [2.75, 3.05) is 0 Å². The van der Waals surface area contributed by atoms with Crippen LogP contribution in [0.25, 0.3) is 6.08 Å². The third-order valence-corrected chi connectivity index (χ3v) is 6.91. The van der Waals surface area contributed by atoms with Crippen LogP contribution in [0.2, 0.25) is 0 Å². The van der Waals surface area contributed by atoms with Gasteiger partial charge in [-0.15, -0.1) is 0 Å². The Kier molecular flexibility index (Phi) is 11.4. The lowest BCUT2D eigenvalue weighted by Gasteiger charge is -2.24. The van der Waals surface area contributed by atoms with Crippen molar-refractivity contribution in [3.05, 3.63) is 76.6 Å². The quantitative estimate of drug-likeness (QED) is 0.230. The Bertz CT molecular complexity index is 937. The predicted molar refractivity (Wildman–Crippen MR) is 141 cm³/mol. The van der Waals surface area contributed by atoms with Gasteiger partial charge in [0.2, 0.25) is 0 Å². The Morgan fingerprint density at radius 2 is 1.50 bits per heavy atom. The van der Waals surface area contributed by atoms with Crippen molar-refractivity contribution >= 4 is 6.08 Å². The van der Waals surface area contributed by atoms with E-state index >= 15 is 0 Å². The van der Waals surface area contributed by atoms with E-state index in [-0.39, 0.29) is 5.82 Å². The molecule has 3 rings (SSSR count). The van der Waals surface area contributed by atoms with Crippen LogP contribution in [0.4, 0.5) is 8.78 Å². The SMILES string of the molecule is CCCCCCCCCC/C=C/c1ccc(C#Cc2ccc(C3CCC(F)CC3)cc2)c(F)c1. The van der Waals surface area contributed by atoms with Crippen LogP contribution in [-0.4, -0.2) is 6.17 Å². The standard InChI is InChI=1S/C32H40F2/c1-2-3-4-5-6-7-8-9-10-11-12-27-16-20-30(32(34)25-27)19-15-26-13-17-28(18-14-26)29-21-23-31(33)24-22-29/h11-14,16-18,20,25,29,31H,2-10,21-24H2,1H3/b12-11+. The topological polar surface area (TPSA) is 0 Å². The summed E-state index contributed by atoms with van der Waals surface area (Å²) >= 11 is 0. The molecule has 2 heteroatoms. The van der Waals surface area contributed by atoms with Crippen LogP contribution in [0.3, 0.4) is 0 Å². The van der Waals surface area contributed by atoms with Crippen LogP contribution < -0.4 is 0 Å². The lowest BCUT2D eigenvalue weighted by atomic mass is 9.83. The maximum absolute atomic E-state index is 14.5. The molecule has 182 valence electrons. The van der Waals surface area contributed by atoms with Crippen molar-refractivity contribution in [3.63, 3.8) is 0 Å². The minimum atomic E-state index is -0.631. The fourth-order valence-electron chi connectivity index (χ4n) is 4.72. The highest BCUT2D eigenvalue weighted by molar-refractivity contribution is 5.53. The zero-order valence-electron chi connectivity index (χ0n) is 20.8. The van der Waals surface area contributed by atoms with Gasteiger partial charge >= 0.3 is 0 Å². The van der Waals surface area contributed by atoms with Gasteiger partial charge in [-0.2, -0.15) is 0 Å². The monoisotopic (exact) mass is 462 g/mol. The Labute approximate surface area is 205 Å². The van der Waals surface area contributed by atoms with Crippen LogP contribution in [0.1, 0.15) is 119 Å². The normalized spacial score (nSPS) is 18.1. The van der Waals surface area contributed by atoms with Crippen LogP contribution in [0.15, 0.2) is 48.5 Å². The van der Waals surface area contributed by atoms with Crippen LogP contribution >= 0.6 is 0 Å². The van der Waals surface area contributed by atoms with Gasteiger partial charge in [-0.1, -0.05) is 94.1 Å².